The van der Waals surface area contributed by atoms with Crippen molar-refractivity contribution in [3.05, 3.63) is 35.6 Å². The van der Waals surface area contributed by atoms with Gasteiger partial charge in [-0.05, 0) is 42.9 Å². The molecular weight excluding hydrogens is 323 g/mol. The first-order chi connectivity index (χ1) is 12.0. The van der Waals surface area contributed by atoms with E-state index in [1.807, 2.05) is 6.07 Å². The number of hydrogen-bond acceptors (Lipinski definition) is 4. The maximum absolute atomic E-state index is 13.3. The highest BCUT2D eigenvalue weighted by atomic mass is 19.1. The highest BCUT2D eigenvalue weighted by Gasteiger charge is 2.50. The number of carbonyl (C=O) groups is 1. The first-order valence-corrected chi connectivity index (χ1v) is 8.82. The second kappa shape index (κ2) is 6.08. The molecule has 1 aliphatic heterocycles. The zero-order valence-corrected chi connectivity index (χ0v) is 14.0. The molecule has 5 nitrogen and oxygen atoms in total. The van der Waals surface area contributed by atoms with E-state index in [2.05, 4.69) is 11.4 Å². The van der Waals surface area contributed by atoms with E-state index in [-0.39, 0.29) is 23.6 Å². The number of rotatable bonds is 3. The second-order valence-electron chi connectivity index (χ2n) is 7.29. The van der Waals surface area contributed by atoms with Crippen LogP contribution in [0.3, 0.4) is 0 Å². The summed E-state index contributed by atoms with van der Waals surface area (Å²) < 4.78 is 24.7. The minimum atomic E-state index is -0.854. The molecular formula is C19H21FN2O3. The molecule has 0 radical (unpaired) electrons. The molecule has 3 fully saturated rings. The van der Waals surface area contributed by atoms with Crippen LogP contribution in [0, 0.1) is 23.1 Å². The summed E-state index contributed by atoms with van der Waals surface area (Å²) >= 11 is 0. The van der Waals surface area contributed by atoms with Crippen LogP contribution in [0.25, 0.3) is 0 Å². The van der Waals surface area contributed by atoms with Gasteiger partial charge in [-0.2, -0.15) is 5.26 Å². The number of ether oxygens (including phenoxy) is 2. The Balaban J connectivity index is 1.38. The van der Waals surface area contributed by atoms with Crippen LogP contribution in [0.1, 0.15) is 43.6 Å². The molecule has 2 unspecified atom stereocenters. The van der Waals surface area contributed by atoms with E-state index < -0.39 is 11.3 Å². The summed E-state index contributed by atoms with van der Waals surface area (Å²) in [5, 5.41) is 12.6. The molecule has 6 heteroatoms. The van der Waals surface area contributed by atoms with Crippen LogP contribution in [-0.2, 0) is 14.3 Å². The van der Waals surface area contributed by atoms with Gasteiger partial charge in [-0.25, -0.2) is 4.39 Å². The Hall–Kier alpha value is -1.97. The smallest absolute Gasteiger partial charge is 0.224 e. The highest BCUT2D eigenvalue weighted by molar-refractivity contribution is 5.84. The van der Waals surface area contributed by atoms with Crippen molar-refractivity contribution in [1.29, 1.82) is 5.26 Å². The van der Waals surface area contributed by atoms with Crippen LogP contribution < -0.4 is 5.32 Å². The fraction of sp³-hybridized carbons (Fsp3) is 0.579. The molecule has 3 aliphatic rings. The van der Waals surface area contributed by atoms with Crippen molar-refractivity contribution in [2.75, 3.05) is 13.2 Å². The molecule has 1 aromatic rings. The van der Waals surface area contributed by atoms with Gasteiger partial charge in [-0.15, -0.1) is 0 Å². The molecule has 0 aromatic heterocycles. The van der Waals surface area contributed by atoms with Crippen molar-refractivity contribution in [2.45, 2.75) is 49.3 Å². The summed E-state index contributed by atoms with van der Waals surface area (Å²) in [5.41, 5.74) is -0.00582. The molecule has 25 heavy (non-hydrogen) atoms. The summed E-state index contributed by atoms with van der Waals surface area (Å²) in [6.45, 7) is 1.17. The van der Waals surface area contributed by atoms with Gasteiger partial charge in [-0.3, -0.25) is 4.79 Å². The van der Waals surface area contributed by atoms with Crippen LogP contribution in [0.15, 0.2) is 24.3 Å². The first-order valence-electron chi connectivity index (χ1n) is 8.82. The average molecular weight is 344 g/mol. The van der Waals surface area contributed by atoms with Crippen LogP contribution in [0.4, 0.5) is 4.39 Å². The number of carbonyl (C=O) groups excluding carboxylic acids is 1. The number of amides is 1. The molecule has 0 bridgehead atoms. The Morgan fingerprint density at radius 1 is 1.24 bits per heavy atom. The van der Waals surface area contributed by atoms with Gasteiger partial charge in [0.2, 0.25) is 5.91 Å². The Bertz CT molecular complexity index is 714. The van der Waals surface area contributed by atoms with Crippen molar-refractivity contribution in [3.63, 3.8) is 0 Å². The Kier molecular flexibility index (Phi) is 4.01. The average Bonchev–Trinajstić information content (AvgIpc) is 3.31. The summed E-state index contributed by atoms with van der Waals surface area (Å²) in [7, 11) is 0. The lowest BCUT2D eigenvalue weighted by Crippen LogP contribution is -2.53. The van der Waals surface area contributed by atoms with Crippen molar-refractivity contribution in [3.8, 4) is 6.07 Å². The summed E-state index contributed by atoms with van der Waals surface area (Å²) in [6, 6.07) is 8.69. The van der Waals surface area contributed by atoms with Crippen LogP contribution in [0.2, 0.25) is 0 Å². The van der Waals surface area contributed by atoms with Gasteiger partial charge in [0.05, 0.1) is 19.3 Å². The van der Waals surface area contributed by atoms with Crippen molar-refractivity contribution >= 4 is 5.91 Å². The normalized spacial score (nSPS) is 29.1. The van der Waals surface area contributed by atoms with Gasteiger partial charge in [-0.1, -0.05) is 12.1 Å². The van der Waals surface area contributed by atoms with Crippen molar-refractivity contribution in [1.82, 2.24) is 5.32 Å². The third kappa shape index (κ3) is 3.14. The van der Waals surface area contributed by atoms with E-state index >= 15 is 0 Å². The quantitative estimate of drug-likeness (QED) is 0.915. The van der Waals surface area contributed by atoms with E-state index in [9.17, 15) is 14.4 Å². The molecule has 132 valence electrons. The molecule has 4 rings (SSSR count). The topological polar surface area (TPSA) is 71.4 Å². The summed E-state index contributed by atoms with van der Waals surface area (Å²) in [5.74, 6) is -1.09. The van der Waals surface area contributed by atoms with Crippen molar-refractivity contribution in [2.24, 2.45) is 5.92 Å². The van der Waals surface area contributed by atoms with Crippen molar-refractivity contribution < 1.29 is 18.7 Å². The summed E-state index contributed by atoms with van der Waals surface area (Å²) in [4.78, 5) is 12.6. The highest BCUT2D eigenvalue weighted by Crippen LogP contribution is 2.48. The fourth-order valence-corrected chi connectivity index (χ4v) is 4.03. The van der Waals surface area contributed by atoms with Crippen LogP contribution in [0.5, 0.6) is 0 Å². The Morgan fingerprint density at radius 2 is 1.96 bits per heavy atom. The molecule has 1 aromatic carbocycles. The molecule has 2 atom stereocenters. The minimum Gasteiger partial charge on any atom is -0.348 e. The monoisotopic (exact) mass is 344 g/mol. The number of nitrogens with zero attached hydrogens (tertiary/aromatic N) is 1. The zero-order valence-electron chi connectivity index (χ0n) is 14.0. The maximum atomic E-state index is 13.3. The van der Waals surface area contributed by atoms with Gasteiger partial charge >= 0.3 is 0 Å². The Labute approximate surface area is 146 Å². The Morgan fingerprint density at radius 3 is 2.60 bits per heavy atom. The predicted molar refractivity (Wildman–Crippen MR) is 86.8 cm³/mol. The minimum absolute atomic E-state index is 0.0443. The fourth-order valence-electron chi connectivity index (χ4n) is 4.03. The van der Waals surface area contributed by atoms with Crippen LogP contribution >= 0.6 is 0 Å². The van der Waals surface area contributed by atoms with Crippen LogP contribution in [-0.4, -0.2) is 30.4 Å². The lowest BCUT2D eigenvalue weighted by Gasteiger charge is -2.40. The molecule has 1 heterocycles. The van der Waals surface area contributed by atoms with Gasteiger partial charge in [0.1, 0.15) is 11.4 Å². The predicted octanol–water partition coefficient (Wildman–Crippen LogP) is 2.62. The van der Waals surface area contributed by atoms with E-state index in [0.717, 1.165) is 5.56 Å². The molecule has 1 amide bonds. The van der Waals surface area contributed by atoms with Gasteiger partial charge < -0.3 is 14.8 Å². The number of benzene rings is 1. The number of nitrogens with one attached hydrogen (secondary N) is 1. The lowest BCUT2D eigenvalue weighted by atomic mass is 9.79. The molecule has 2 aliphatic carbocycles. The molecule has 1 saturated heterocycles. The van der Waals surface area contributed by atoms with E-state index in [1.54, 1.807) is 6.07 Å². The van der Waals surface area contributed by atoms with Gasteiger partial charge in [0.25, 0.3) is 0 Å². The van der Waals surface area contributed by atoms with E-state index in [0.29, 0.717) is 45.3 Å². The molecule has 2 saturated carbocycles. The third-order valence-corrected chi connectivity index (χ3v) is 5.66. The molecule has 1 N–H and O–H groups in total. The number of hydrogen-bond donors (Lipinski definition) is 1. The molecule has 1 spiro atoms. The van der Waals surface area contributed by atoms with Gasteiger partial charge in [0.15, 0.2) is 5.79 Å². The zero-order chi connectivity index (χ0) is 17.5. The van der Waals surface area contributed by atoms with Gasteiger partial charge in [0, 0.05) is 18.8 Å². The number of halogens is 1. The SMILES string of the molecule is N#CC1(NC(=O)C2CC2c2cccc(F)c2)CCC2(CC1)OCCO2. The number of nitriles is 1. The van der Waals surface area contributed by atoms with E-state index in [1.165, 1.54) is 12.1 Å². The largest absolute Gasteiger partial charge is 0.348 e. The first kappa shape index (κ1) is 16.5. The maximum Gasteiger partial charge on any atom is 0.224 e. The second-order valence-corrected chi connectivity index (χ2v) is 7.29. The summed E-state index contributed by atoms with van der Waals surface area (Å²) in [6.07, 6.45) is 2.96. The lowest BCUT2D eigenvalue weighted by molar-refractivity contribution is -0.183. The standard InChI is InChI=1S/C19H21FN2O3/c20-14-3-1-2-13(10-14)15-11-16(15)17(23)22-18(12-21)4-6-19(7-5-18)24-8-9-25-19/h1-3,10,15-16H,4-9,11H2,(H,22,23). The third-order valence-electron chi connectivity index (χ3n) is 5.66. The van der Waals surface area contributed by atoms with E-state index in [4.69, 9.17) is 9.47 Å².